The molecule has 0 saturated carbocycles. The maximum absolute atomic E-state index is 9.39. The number of hydrogen-bond acceptors (Lipinski definition) is 4. The van der Waals surface area contributed by atoms with Crippen LogP contribution in [0.3, 0.4) is 0 Å². The zero-order valence-electron chi connectivity index (χ0n) is 9.66. The highest BCUT2D eigenvalue weighted by atomic mass is 15.3. The molecule has 2 saturated heterocycles. The molecule has 0 aromatic heterocycles. The van der Waals surface area contributed by atoms with Crippen molar-refractivity contribution in [1.82, 2.24) is 15.1 Å². The summed E-state index contributed by atoms with van der Waals surface area (Å²) in [5, 5.41) is 12.7. The molecule has 4 nitrogen and oxygen atoms in total. The van der Waals surface area contributed by atoms with E-state index in [-0.39, 0.29) is 5.54 Å². The van der Waals surface area contributed by atoms with Gasteiger partial charge in [0.25, 0.3) is 0 Å². The molecule has 0 aromatic rings. The van der Waals surface area contributed by atoms with Crippen molar-refractivity contribution < 1.29 is 0 Å². The van der Waals surface area contributed by atoms with E-state index in [9.17, 15) is 5.26 Å². The fraction of sp³-hybridized carbons (Fsp3) is 0.909. The van der Waals surface area contributed by atoms with Crippen LogP contribution in [0.4, 0.5) is 0 Å². The number of likely N-dealkylation sites (tertiary alicyclic amines) is 2. The predicted octanol–water partition coefficient (Wildman–Crippen LogP) is -0.122. The van der Waals surface area contributed by atoms with Crippen molar-refractivity contribution >= 4 is 0 Å². The Bertz CT molecular complexity index is 256. The maximum atomic E-state index is 9.39. The standard InChI is InChI=1S/C11H20N4/c1-13-10-7-15(8-10)11(9-12)3-5-14(2)6-4-11/h10,13H,3-8H2,1-2H3. The zero-order chi connectivity index (χ0) is 10.9. The number of rotatable bonds is 2. The monoisotopic (exact) mass is 208 g/mol. The lowest BCUT2D eigenvalue weighted by Gasteiger charge is -2.51. The molecule has 2 heterocycles. The summed E-state index contributed by atoms with van der Waals surface area (Å²) in [6, 6.07) is 3.15. The molecule has 0 spiro atoms. The van der Waals surface area contributed by atoms with Gasteiger partial charge in [-0.15, -0.1) is 0 Å². The molecule has 84 valence electrons. The number of hydrogen-bond donors (Lipinski definition) is 1. The fourth-order valence-corrected chi connectivity index (χ4v) is 2.50. The molecule has 0 bridgehead atoms. The summed E-state index contributed by atoms with van der Waals surface area (Å²) in [4.78, 5) is 4.66. The second kappa shape index (κ2) is 4.09. The van der Waals surface area contributed by atoms with Crippen LogP contribution in [0.5, 0.6) is 0 Å². The second-order valence-electron chi connectivity index (χ2n) is 4.84. The predicted molar refractivity (Wildman–Crippen MR) is 59.5 cm³/mol. The summed E-state index contributed by atoms with van der Waals surface area (Å²) in [6.45, 7) is 4.17. The molecule has 2 aliphatic heterocycles. The van der Waals surface area contributed by atoms with Crippen LogP contribution in [0, 0.1) is 11.3 Å². The van der Waals surface area contributed by atoms with Crippen molar-refractivity contribution in [2.24, 2.45) is 0 Å². The van der Waals surface area contributed by atoms with Crippen LogP contribution in [0.2, 0.25) is 0 Å². The van der Waals surface area contributed by atoms with E-state index in [0.29, 0.717) is 6.04 Å². The Morgan fingerprint density at radius 3 is 2.40 bits per heavy atom. The van der Waals surface area contributed by atoms with Crippen LogP contribution in [0.25, 0.3) is 0 Å². The Labute approximate surface area is 91.8 Å². The van der Waals surface area contributed by atoms with E-state index < -0.39 is 0 Å². The first-order valence-corrected chi connectivity index (χ1v) is 5.72. The first-order chi connectivity index (χ1) is 7.20. The molecule has 2 fully saturated rings. The van der Waals surface area contributed by atoms with Crippen LogP contribution in [-0.4, -0.2) is 61.7 Å². The Morgan fingerprint density at radius 2 is 1.93 bits per heavy atom. The smallest absolute Gasteiger partial charge is 0.111 e. The molecule has 2 rings (SSSR count). The summed E-state index contributed by atoms with van der Waals surface area (Å²) in [6.07, 6.45) is 1.99. The highest BCUT2D eigenvalue weighted by Gasteiger charge is 2.44. The van der Waals surface area contributed by atoms with Crippen LogP contribution in [0.1, 0.15) is 12.8 Å². The Hall–Kier alpha value is -0.630. The van der Waals surface area contributed by atoms with Gasteiger partial charge in [0.05, 0.1) is 6.07 Å². The summed E-state index contributed by atoms with van der Waals surface area (Å²) >= 11 is 0. The Balaban J connectivity index is 1.96. The molecule has 1 N–H and O–H groups in total. The summed E-state index contributed by atoms with van der Waals surface area (Å²) < 4.78 is 0. The summed E-state index contributed by atoms with van der Waals surface area (Å²) in [7, 11) is 4.13. The zero-order valence-corrected chi connectivity index (χ0v) is 9.66. The lowest BCUT2D eigenvalue weighted by atomic mass is 9.84. The molecule has 0 atom stereocenters. The van der Waals surface area contributed by atoms with Crippen molar-refractivity contribution in [3.8, 4) is 6.07 Å². The molecule has 4 heteroatoms. The molecular weight excluding hydrogens is 188 g/mol. The lowest BCUT2D eigenvalue weighted by Crippen LogP contribution is -2.67. The van der Waals surface area contributed by atoms with E-state index in [1.807, 2.05) is 7.05 Å². The van der Waals surface area contributed by atoms with Crippen LogP contribution in [-0.2, 0) is 0 Å². The molecule has 15 heavy (non-hydrogen) atoms. The van der Waals surface area contributed by atoms with Gasteiger partial charge < -0.3 is 10.2 Å². The number of piperidine rings is 1. The van der Waals surface area contributed by atoms with E-state index >= 15 is 0 Å². The fourth-order valence-electron chi connectivity index (χ4n) is 2.50. The van der Waals surface area contributed by atoms with Crippen LogP contribution in [0.15, 0.2) is 0 Å². The van der Waals surface area contributed by atoms with Crippen molar-refractivity contribution in [3.05, 3.63) is 0 Å². The van der Waals surface area contributed by atoms with Gasteiger partial charge in [0.15, 0.2) is 0 Å². The van der Waals surface area contributed by atoms with Gasteiger partial charge >= 0.3 is 0 Å². The van der Waals surface area contributed by atoms with Crippen LogP contribution >= 0.6 is 0 Å². The van der Waals surface area contributed by atoms with E-state index in [1.165, 1.54) is 0 Å². The molecule has 0 aromatic carbocycles. The number of nitrogens with one attached hydrogen (secondary N) is 1. The third kappa shape index (κ3) is 1.87. The lowest BCUT2D eigenvalue weighted by molar-refractivity contribution is 0.00251. The van der Waals surface area contributed by atoms with Crippen molar-refractivity contribution in [2.45, 2.75) is 24.4 Å². The first-order valence-electron chi connectivity index (χ1n) is 5.72. The van der Waals surface area contributed by atoms with Gasteiger partial charge in [-0.2, -0.15) is 5.26 Å². The SMILES string of the molecule is CNC1CN(C2(C#N)CCN(C)CC2)C1. The second-order valence-corrected chi connectivity index (χ2v) is 4.84. The Kier molecular flexibility index (Phi) is 2.96. The molecular formula is C11H20N4. The third-order valence-corrected chi connectivity index (χ3v) is 3.92. The van der Waals surface area contributed by atoms with Gasteiger partial charge in [-0.05, 0) is 26.9 Å². The quantitative estimate of drug-likeness (QED) is 0.687. The van der Waals surface area contributed by atoms with Crippen LogP contribution < -0.4 is 5.32 Å². The number of likely N-dealkylation sites (N-methyl/N-ethyl adjacent to an activating group) is 1. The number of nitriles is 1. The molecule has 0 amide bonds. The third-order valence-electron chi connectivity index (χ3n) is 3.92. The van der Waals surface area contributed by atoms with Crippen molar-refractivity contribution in [3.63, 3.8) is 0 Å². The van der Waals surface area contributed by atoms with E-state index in [1.54, 1.807) is 0 Å². The average Bonchev–Trinajstić information content (AvgIpc) is 2.20. The minimum atomic E-state index is -0.167. The molecule has 0 aliphatic carbocycles. The molecule has 0 radical (unpaired) electrons. The normalized spacial score (nSPS) is 28.3. The first kappa shape index (κ1) is 10.9. The van der Waals surface area contributed by atoms with Crippen molar-refractivity contribution in [1.29, 1.82) is 5.26 Å². The minimum absolute atomic E-state index is 0.167. The highest BCUT2D eigenvalue weighted by Crippen LogP contribution is 2.31. The number of nitrogens with zero attached hydrogens (tertiary/aromatic N) is 3. The van der Waals surface area contributed by atoms with Gasteiger partial charge in [-0.25, -0.2) is 0 Å². The average molecular weight is 208 g/mol. The minimum Gasteiger partial charge on any atom is -0.315 e. The van der Waals surface area contributed by atoms with E-state index in [0.717, 1.165) is 39.0 Å². The summed E-state index contributed by atoms with van der Waals surface area (Å²) in [5.74, 6) is 0. The van der Waals surface area contributed by atoms with Gasteiger partial charge in [0.1, 0.15) is 5.54 Å². The Morgan fingerprint density at radius 1 is 1.33 bits per heavy atom. The van der Waals surface area contributed by atoms with Gasteiger partial charge in [0.2, 0.25) is 0 Å². The van der Waals surface area contributed by atoms with Gasteiger partial charge in [-0.3, -0.25) is 4.90 Å². The molecule has 0 unspecified atom stereocenters. The maximum Gasteiger partial charge on any atom is 0.111 e. The van der Waals surface area contributed by atoms with Gasteiger partial charge in [0, 0.05) is 32.2 Å². The highest BCUT2D eigenvalue weighted by molar-refractivity contribution is 5.14. The largest absolute Gasteiger partial charge is 0.315 e. The topological polar surface area (TPSA) is 42.3 Å². The van der Waals surface area contributed by atoms with E-state index in [2.05, 4.69) is 28.2 Å². The van der Waals surface area contributed by atoms with Gasteiger partial charge in [-0.1, -0.05) is 0 Å². The summed E-state index contributed by atoms with van der Waals surface area (Å²) in [5.41, 5.74) is -0.167. The van der Waals surface area contributed by atoms with Crippen molar-refractivity contribution in [2.75, 3.05) is 40.3 Å². The molecule has 2 aliphatic rings. The van der Waals surface area contributed by atoms with E-state index in [4.69, 9.17) is 0 Å².